The normalized spacial score (nSPS) is 12.5. The number of nitrogens with one attached hydrogen (secondary N) is 1. The Morgan fingerprint density at radius 2 is 1.24 bits per heavy atom. The van der Waals surface area contributed by atoms with Crippen molar-refractivity contribution in [1.82, 2.24) is 4.72 Å². The van der Waals surface area contributed by atoms with Gasteiger partial charge in [0.15, 0.2) is 0 Å². The second kappa shape index (κ2) is 18.6. The Morgan fingerprint density at radius 3 is 1.66 bits per heavy atom. The molecule has 0 unspecified atom stereocenters. The molecule has 0 aliphatic rings. The molecule has 0 spiro atoms. The number of benzene rings is 2. The molecule has 0 radical (unpaired) electrons. The van der Waals surface area contributed by atoms with E-state index in [-0.39, 0.29) is 34.5 Å². The van der Waals surface area contributed by atoms with E-state index in [1.165, 1.54) is 36.4 Å². The fourth-order valence-corrected chi connectivity index (χ4v) is 5.42. The van der Waals surface area contributed by atoms with E-state index in [1.54, 1.807) is 75.4 Å². The van der Waals surface area contributed by atoms with Crippen molar-refractivity contribution in [2.45, 2.75) is 44.4 Å². The zero-order valence-corrected chi connectivity index (χ0v) is 24.7. The van der Waals surface area contributed by atoms with Crippen molar-refractivity contribution >= 4 is 30.3 Å². The Bertz CT molecular complexity index is 1330. The van der Waals surface area contributed by atoms with E-state index in [0.29, 0.717) is 0 Å². The summed E-state index contributed by atoms with van der Waals surface area (Å²) in [4.78, 5) is 0.302. The molecule has 2 aromatic rings. The average molecular weight is 588 g/mol. The van der Waals surface area contributed by atoms with Crippen LogP contribution in [0.1, 0.15) is 34.6 Å². The molecule has 0 atom stereocenters. The van der Waals surface area contributed by atoms with Crippen molar-refractivity contribution < 1.29 is 33.6 Å². The lowest BCUT2D eigenvalue weighted by Gasteiger charge is -2.08. The van der Waals surface area contributed by atoms with Crippen molar-refractivity contribution in [3.8, 4) is 0 Å². The molecular formula is C26H37NO8S3. The van der Waals surface area contributed by atoms with Gasteiger partial charge in [-0.25, -0.2) is 13.1 Å². The largest absolute Gasteiger partial charge is 0.297 e. The summed E-state index contributed by atoms with van der Waals surface area (Å²) < 4.78 is 82.2. The molecule has 0 aliphatic heterocycles. The summed E-state index contributed by atoms with van der Waals surface area (Å²) in [6, 6.07) is 15.7. The Kier molecular flexibility index (Phi) is 17.3. The van der Waals surface area contributed by atoms with E-state index in [1.807, 2.05) is 13.8 Å². The van der Waals surface area contributed by atoms with E-state index in [0.717, 1.165) is 0 Å². The summed E-state index contributed by atoms with van der Waals surface area (Å²) in [7, 11) is -11.1. The Balaban J connectivity index is 0.000000815. The van der Waals surface area contributed by atoms with Crippen molar-refractivity contribution in [3.05, 3.63) is 95.9 Å². The van der Waals surface area contributed by atoms with E-state index in [4.69, 9.17) is 4.18 Å². The van der Waals surface area contributed by atoms with E-state index < -0.39 is 30.3 Å². The van der Waals surface area contributed by atoms with Crippen molar-refractivity contribution in [2.24, 2.45) is 0 Å². The fraction of sp³-hybridized carbons (Fsp3) is 0.308. The molecule has 0 fully saturated rings. The minimum atomic E-state index is -3.90. The van der Waals surface area contributed by atoms with Crippen LogP contribution in [0.4, 0.5) is 0 Å². The maximum Gasteiger partial charge on any atom is 0.297 e. The van der Waals surface area contributed by atoms with Crippen LogP contribution in [0.2, 0.25) is 0 Å². The van der Waals surface area contributed by atoms with Gasteiger partial charge >= 0.3 is 0 Å². The molecule has 0 heterocycles. The fourth-order valence-electron chi connectivity index (χ4n) is 2.47. The van der Waals surface area contributed by atoms with Crippen LogP contribution in [-0.4, -0.2) is 45.0 Å². The number of allylic oxidation sites excluding steroid dienone is 5. The Hall–Kier alpha value is -2.61. The van der Waals surface area contributed by atoms with Gasteiger partial charge in [0.05, 0.1) is 27.9 Å². The zero-order chi connectivity index (χ0) is 29.1. The summed E-state index contributed by atoms with van der Waals surface area (Å²) in [6.45, 7) is 8.81. The first-order valence-corrected chi connectivity index (χ1v) is 16.1. The second-order valence-electron chi connectivity index (χ2n) is 6.76. The molecule has 1 N–H and O–H groups in total. The van der Waals surface area contributed by atoms with Crippen LogP contribution < -0.4 is 4.72 Å². The van der Waals surface area contributed by atoms with Crippen molar-refractivity contribution in [2.75, 3.05) is 19.8 Å². The lowest BCUT2D eigenvalue weighted by Crippen LogP contribution is -2.28. The first-order valence-electron chi connectivity index (χ1n) is 11.8. The third-order valence-electron chi connectivity index (χ3n) is 4.06. The maximum atomic E-state index is 12.2. The molecule has 12 heteroatoms. The van der Waals surface area contributed by atoms with Gasteiger partial charge in [0.1, 0.15) is 0 Å². The number of hydrogen-bond acceptors (Lipinski definition) is 8. The summed E-state index contributed by atoms with van der Waals surface area (Å²) >= 11 is 0. The first kappa shape index (κ1) is 35.4. The minimum Gasteiger partial charge on any atom is -0.267 e. The highest BCUT2D eigenvalue weighted by Gasteiger charge is 2.17. The molecule has 0 saturated heterocycles. The highest BCUT2D eigenvalue weighted by atomic mass is 32.2. The van der Waals surface area contributed by atoms with Gasteiger partial charge in [-0.05, 0) is 57.2 Å². The number of rotatable bonds is 12. The molecule has 9 nitrogen and oxygen atoms in total. The van der Waals surface area contributed by atoms with Crippen LogP contribution in [0.15, 0.2) is 106 Å². The quantitative estimate of drug-likeness (QED) is 0.213. The molecular weight excluding hydrogens is 550 g/mol. The third kappa shape index (κ3) is 13.3. The molecule has 2 rings (SSSR count). The predicted octanol–water partition coefficient (Wildman–Crippen LogP) is 4.79. The van der Waals surface area contributed by atoms with Gasteiger partial charge in [0.25, 0.3) is 20.2 Å². The number of sulfonamides is 1. The molecule has 0 aliphatic carbocycles. The lowest BCUT2D eigenvalue weighted by molar-refractivity contribution is 0.323. The zero-order valence-electron chi connectivity index (χ0n) is 22.3. The van der Waals surface area contributed by atoms with Gasteiger partial charge in [0.2, 0.25) is 10.0 Å². The minimum absolute atomic E-state index is 0.0236. The highest BCUT2D eigenvalue weighted by molar-refractivity contribution is 7.93. The van der Waals surface area contributed by atoms with Gasteiger partial charge in [-0.1, -0.05) is 68.5 Å². The molecule has 38 heavy (non-hydrogen) atoms. The molecule has 0 amide bonds. The summed E-state index contributed by atoms with van der Waals surface area (Å²) in [5, 5.41) is 0. The van der Waals surface area contributed by atoms with Crippen LogP contribution in [-0.2, 0) is 38.6 Å². The third-order valence-corrected chi connectivity index (χ3v) is 8.26. The Morgan fingerprint density at radius 1 is 0.763 bits per heavy atom. The molecule has 0 saturated carbocycles. The van der Waals surface area contributed by atoms with Gasteiger partial charge < -0.3 is 0 Å². The van der Waals surface area contributed by atoms with E-state index >= 15 is 0 Å². The highest BCUT2D eigenvalue weighted by Crippen LogP contribution is 2.12. The average Bonchev–Trinajstić information content (AvgIpc) is 2.91. The van der Waals surface area contributed by atoms with Gasteiger partial charge in [-0.2, -0.15) is 16.8 Å². The molecule has 212 valence electrons. The van der Waals surface area contributed by atoms with Crippen LogP contribution in [0, 0.1) is 0 Å². The summed E-state index contributed by atoms with van der Waals surface area (Å²) in [5.41, 5.74) is 0. The molecule has 2 aromatic carbocycles. The van der Waals surface area contributed by atoms with Gasteiger partial charge in [-0.15, -0.1) is 0 Å². The van der Waals surface area contributed by atoms with Crippen LogP contribution in [0.25, 0.3) is 0 Å². The predicted molar refractivity (Wildman–Crippen MR) is 151 cm³/mol. The van der Waals surface area contributed by atoms with Crippen LogP contribution >= 0.6 is 0 Å². The van der Waals surface area contributed by atoms with Crippen molar-refractivity contribution in [1.29, 1.82) is 0 Å². The second-order valence-corrected chi connectivity index (χ2v) is 11.8. The molecule has 0 bridgehead atoms. The van der Waals surface area contributed by atoms with Crippen LogP contribution in [0.5, 0.6) is 0 Å². The van der Waals surface area contributed by atoms with Crippen LogP contribution in [0.3, 0.4) is 0 Å². The molecule has 0 aromatic heterocycles. The van der Waals surface area contributed by atoms with Gasteiger partial charge in [-0.3, -0.25) is 8.37 Å². The maximum absolute atomic E-state index is 12.2. The monoisotopic (exact) mass is 587 g/mol. The van der Waals surface area contributed by atoms with Crippen molar-refractivity contribution in [3.63, 3.8) is 0 Å². The standard InChI is InChI=1S/C16H21NO5S2.C8H10O3S.C2H6/c1-3-5-10-15(9-4-2)23(18,19)17-13-14-22-24(20,21)16-11-7-6-8-12-16;1-2-11-12(9,10)8-6-4-3-5-7-8;1-2/h3-12,17H,13-14H2,1-2H3;3-7H,2H2,1H3;1-2H3/b5-3-,9-4-,15-10+;;. The van der Waals surface area contributed by atoms with E-state index in [2.05, 4.69) is 8.91 Å². The summed E-state index contributed by atoms with van der Waals surface area (Å²) in [6.07, 6.45) is 7.80. The van der Waals surface area contributed by atoms with Gasteiger partial charge in [0, 0.05) is 6.54 Å². The topological polar surface area (TPSA) is 133 Å². The smallest absolute Gasteiger partial charge is 0.267 e. The first-order chi connectivity index (χ1) is 18.0. The lowest BCUT2D eigenvalue weighted by atomic mass is 10.4. The summed E-state index contributed by atoms with van der Waals surface area (Å²) in [5.74, 6) is 0. The van der Waals surface area contributed by atoms with E-state index in [9.17, 15) is 25.3 Å². The number of hydrogen-bond donors (Lipinski definition) is 1. The Labute approximate surface area is 228 Å². The SMILES string of the molecule is CC.CCOS(=O)(=O)c1ccccc1.C\C=C/C=C(\C=C/C)S(=O)(=O)NCCOS(=O)(=O)c1ccccc1.